The van der Waals surface area contributed by atoms with Crippen molar-refractivity contribution < 1.29 is 9.90 Å². The van der Waals surface area contributed by atoms with E-state index in [1.165, 1.54) is 18.2 Å². The van der Waals surface area contributed by atoms with Crippen LogP contribution in [0.4, 0.5) is 5.69 Å². The van der Waals surface area contributed by atoms with Crippen molar-refractivity contribution in [1.82, 2.24) is 5.32 Å². The standard InChI is InChI=1S/C12H16N2O2/c1-12(2)6-10(12)14-11(16)8-5-7(15)3-4-9(8)13/h3-5,10,15H,6,13H2,1-2H3,(H,14,16). The first-order valence-electron chi connectivity index (χ1n) is 5.29. The first-order valence-corrected chi connectivity index (χ1v) is 5.29. The van der Waals surface area contributed by atoms with E-state index in [-0.39, 0.29) is 23.1 Å². The van der Waals surface area contributed by atoms with Crippen molar-refractivity contribution in [2.24, 2.45) is 5.41 Å². The zero-order chi connectivity index (χ0) is 11.9. The lowest BCUT2D eigenvalue weighted by Crippen LogP contribution is -2.28. The fourth-order valence-corrected chi connectivity index (χ4v) is 1.69. The van der Waals surface area contributed by atoms with Gasteiger partial charge in [0, 0.05) is 11.7 Å². The summed E-state index contributed by atoms with van der Waals surface area (Å²) in [4.78, 5) is 11.9. The Morgan fingerprint density at radius 1 is 1.56 bits per heavy atom. The van der Waals surface area contributed by atoms with Gasteiger partial charge in [-0.15, -0.1) is 0 Å². The number of amides is 1. The van der Waals surface area contributed by atoms with Gasteiger partial charge in [0.25, 0.3) is 5.91 Å². The molecule has 1 fully saturated rings. The second kappa shape index (κ2) is 3.40. The van der Waals surface area contributed by atoms with Crippen LogP contribution in [0.3, 0.4) is 0 Å². The average molecular weight is 220 g/mol. The molecule has 1 amide bonds. The Balaban J connectivity index is 2.12. The fraction of sp³-hybridized carbons (Fsp3) is 0.417. The van der Waals surface area contributed by atoms with Crippen LogP contribution in [-0.2, 0) is 0 Å². The van der Waals surface area contributed by atoms with Crippen molar-refractivity contribution in [2.45, 2.75) is 26.3 Å². The van der Waals surface area contributed by atoms with Gasteiger partial charge < -0.3 is 16.2 Å². The molecule has 0 heterocycles. The molecule has 0 saturated heterocycles. The van der Waals surface area contributed by atoms with Gasteiger partial charge in [0.1, 0.15) is 5.75 Å². The molecule has 16 heavy (non-hydrogen) atoms. The summed E-state index contributed by atoms with van der Waals surface area (Å²) in [6, 6.07) is 4.59. The van der Waals surface area contributed by atoms with Gasteiger partial charge in [0.2, 0.25) is 0 Å². The lowest BCUT2D eigenvalue weighted by Gasteiger charge is -2.09. The summed E-state index contributed by atoms with van der Waals surface area (Å²) in [5, 5.41) is 12.2. The summed E-state index contributed by atoms with van der Waals surface area (Å²) in [6.45, 7) is 4.20. The first kappa shape index (κ1) is 10.8. The summed E-state index contributed by atoms with van der Waals surface area (Å²) in [5.41, 5.74) is 6.58. The third-order valence-corrected chi connectivity index (χ3v) is 3.10. The van der Waals surface area contributed by atoms with Gasteiger partial charge >= 0.3 is 0 Å². The van der Waals surface area contributed by atoms with Crippen LogP contribution in [0, 0.1) is 5.41 Å². The second-order valence-corrected chi connectivity index (χ2v) is 4.99. The van der Waals surface area contributed by atoms with E-state index in [1.807, 2.05) is 0 Å². The van der Waals surface area contributed by atoms with Crippen LogP contribution in [0.25, 0.3) is 0 Å². The number of rotatable bonds is 2. The Morgan fingerprint density at radius 3 is 2.75 bits per heavy atom. The van der Waals surface area contributed by atoms with Crippen LogP contribution < -0.4 is 11.1 Å². The Bertz CT molecular complexity index is 441. The summed E-state index contributed by atoms with van der Waals surface area (Å²) in [7, 11) is 0. The van der Waals surface area contributed by atoms with E-state index in [0.717, 1.165) is 6.42 Å². The Hall–Kier alpha value is -1.71. The average Bonchev–Trinajstić information content (AvgIpc) is 2.77. The Labute approximate surface area is 94.5 Å². The molecule has 0 spiro atoms. The smallest absolute Gasteiger partial charge is 0.253 e. The van der Waals surface area contributed by atoms with Gasteiger partial charge in [-0.25, -0.2) is 0 Å². The molecule has 1 aromatic carbocycles. The van der Waals surface area contributed by atoms with E-state index in [9.17, 15) is 9.90 Å². The van der Waals surface area contributed by atoms with Crippen LogP contribution in [0.15, 0.2) is 18.2 Å². The number of nitrogens with two attached hydrogens (primary N) is 1. The van der Waals surface area contributed by atoms with Crippen LogP contribution in [0.2, 0.25) is 0 Å². The first-order chi connectivity index (χ1) is 7.40. The molecule has 0 bridgehead atoms. The highest BCUT2D eigenvalue weighted by molar-refractivity contribution is 5.99. The Morgan fingerprint density at radius 2 is 2.19 bits per heavy atom. The topological polar surface area (TPSA) is 75.3 Å². The van der Waals surface area contributed by atoms with Gasteiger partial charge in [-0.1, -0.05) is 13.8 Å². The van der Waals surface area contributed by atoms with Crippen LogP contribution in [0.5, 0.6) is 5.75 Å². The monoisotopic (exact) mass is 220 g/mol. The number of nitrogens with one attached hydrogen (secondary N) is 1. The van der Waals surface area contributed by atoms with Crippen molar-refractivity contribution in [1.29, 1.82) is 0 Å². The lowest BCUT2D eigenvalue weighted by molar-refractivity contribution is 0.0947. The molecule has 4 heteroatoms. The van der Waals surface area contributed by atoms with Crippen molar-refractivity contribution in [2.75, 3.05) is 5.73 Å². The number of anilines is 1. The molecule has 1 saturated carbocycles. The second-order valence-electron chi connectivity index (χ2n) is 4.99. The summed E-state index contributed by atoms with van der Waals surface area (Å²) in [5.74, 6) is -0.168. The van der Waals surface area contributed by atoms with E-state index in [2.05, 4.69) is 19.2 Å². The van der Waals surface area contributed by atoms with Crippen LogP contribution in [0.1, 0.15) is 30.6 Å². The minimum atomic E-state index is -0.219. The zero-order valence-electron chi connectivity index (χ0n) is 9.45. The molecular formula is C12H16N2O2. The highest BCUT2D eigenvalue weighted by Crippen LogP contribution is 2.44. The zero-order valence-corrected chi connectivity index (χ0v) is 9.45. The van der Waals surface area contributed by atoms with Crippen LogP contribution in [-0.4, -0.2) is 17.1 Å². The van der Waals surface area contributed by atoms with Gasteiger partial charge in [-0.2, -0.15) is 0 Å². The number of hydrogen-bond acceptors (Lipinski definition) is 3. The minimum Gasteiger partial charge on any atom is -0.508 e. The summed E-state index contributed by atoms with van der Waals surface area (Å²) in [6.07, 6.45) is 0.984. The largest absolute Gasteiger partial charge is 0.508 e. The SMILES string of the molecule is CC1(C)CC1NC(=O)c1cc(O)ccc1N. The quantitative estimate of drug-likeness (QED) is 0.522. The van der Waals surface area contributed by atoms with Crippen molar-refractivity contribution >= 4 is 11.6 Å². The number of nitrogen functional groups attached to an aromatic ring is 1. The molecule has 1 aliphatic carbocycles. The molecule has 0 aliphatic heterocycles. The highest BCUT2D eigenvalue weighted by atomic mass is 16.3. The third kappa shape index (κ3) is 1.96. The van der Waals surface area contributed by atoms with Gasteiger partial charge in [-0.3, -0.25) is 4.79 Å². The fourth-order valence-electron chi connectivity index (χ4n) is 1.69. The lowest BCUT2D eigenvalue weighted by atomic mass is 10.1. The third-order valence-electron chi connectivity index (χ3n) is 3.10. The maximum Gasteiger partial charge on any atom is 0.253 e. The predicted octanol–water partition coefficient (Wildman–Crippen LogP) is 1.50. The van der Waals surface area contributed by atoms with E-state index in [0.29, 0.717) is 11.3 Å². The minimum absolute atomic E-state index is 0.0504. The number of carbonyl (C=O) groups excluding carboxylic acids is 1. The van der Waals surface area contributed by atoms with E-state index in [4.69, 9.17) is 5.73 Å². The number of hydrogen-bond donors (Lipinski definition) is 3. The summed E-state index contributed by atoms with van der Waals surface area (Å²) >= 11 is 0. The van der Waals surface area contributed by atoms with Crippen molar-refractivity contribution in [3.8, 4) is 5.75 Å². The molecule has 0 radical (unpaired) electrons. The maximum absolute atomic E-state index is 11.9. The van der Waals surface area contributed by atoms with Crippen molar-refractivity contribution in [3.63, 3.8) is 0 Å². The molecule has 1 aromatic rings. The van der Waals surface area contributed by atoms with Gasteiger partial charge in [0.15, 0.2) is 0 Å². The predicted molar refractivity (Wildman–Crippen MR) is 62.2 cm³/mol. The van der Waals surface area contributed by atoms with Gasteiger partial charge in [0.05, 0.1) is 5.56 Å². The molecule has 1 aliphatic rings. The van der Waals surface area contributed by atoms with E-state index < -0.39 is 0 Å². The molecular weight excluding hydrogens is 204 g/mol. The molecule has 2 rings (SSSR count). The highest BCUT2D eigenvalue weighted by Gasteiger charge is 2.46. The van der Waals surface area contributed by atoms with Gasteiger partial charge in [-0.05, 0) is 30.0 Å². The Kier molecular flexibility index (Phi) is 2.30. The molecule has 0 aromatic heterocycles. The van der Waals surface area contributed by atoms with E-state index >= 15 is 0 Å². The number of benzene rings is 1. The molecule has 1 atom stereocenters. The van der Waals surface area contributed by atoms with Crippen LogP contribution >= 0.6 is 0 Å². The molecule has 1 unspecified atom stereocenters. The number of phenols is 1. The van der Waals surface area contributed by atoms with Crippen molar-refractivity contribution in [3.05, 3.63) is 23.8 Å². The molecule has 4 nitrogen and oxygen atoms in total. The molecule has 86 valence electrons. The number of aromatic hydroxyl groups is 1. The molecule has 4 N–H and O–H groups in total. The number of carbonyl (C=O) groups is 1. The number of phenolic OH excluding ortho intramolecular Hbond substituents is 1. The normalized spacial score (nSPS) is 21.5. The maximum atomic E-state index is 11.9. The summed E-state index contributed by atoms with van der Waals surface area (Å²) < 4.78 is 0. The van der Waals surface area contributed by atoms with E-state index in [1.54, 1.807) is 0 Å².